The van der Waals surface area contributed by atoms with Gasteiger partial charge in [0.15, 0.2) is 5.01 Å². The van der Waals surface area contributed by atoms with Crippen LogP contribution in [0.2, 0.25) is 0 Å². The number of fused-ring (bicyclic) bond motifs is 1. The summed E-state index contributed by atoms with van der Waals surface area (Å²) in [5.41, 5.74) is 8.98. The first-order valence-electron chi connectivity index (χ1n) is 8.36. The van der Waals surface area contributed by atoms with Gasteiger partial charge in [-0.25, -0.2) is 0 Å². The minimum atomic E-state index is 0.110. The third-order valence-corrected chi connectivity index (χ3v) is 5.00. The van der Waals surface area contributed by atoms with Crippen molar-refractivity contribution < 1.29 is 0 Å². The molecule has 3 N–H and O–H groups in total. The van der Waals surface area contributed by atoms with Crippen molar-refractivity contribution in [3.63, 3.8) is 0 Å². The largest absolute Gasteiger partial charge is 0.356 e. The van der Waals surface area contributed by atoms with E-state index >= 15 is 0 Å². The summed E-state index contributed by atoms with van der Waals surface area (Å²) in [6, 6.07) is 14.4. The number of pyridine rings is 2. The van der Waals surface area contributed by atoms with E-state index < -0.39 is 0 Å². The topological polar surface area (TPSA) is 89.6 Å². The number of nitrogens with zero attached hydrogens (tertiary/aromatic N) is 4. The van der Waals surface area contributed by atoms with Crippen molar-refractivity contribution in [2.75, 3.05) is 11.9 Å². The second-order valence-corrected chi connectivity index (χ2v) is 6.95. The molecule has 0 saturated carbocycles. The predicted molar refractivity (Wildman–Crippen MR) is 105 cm³/mol. The summed E-state index contributed by atoms with van der Waals surface area (Å²) in [6.45, 7) is 0.522. The molecule has 4 rings (SSSR count). The van der Waals surface area contributed by atoms with Crippen LogP contribution in [0.3, 0.4) is 0 Å². The van der Waals surface area contributed by atoms with Crippen LogP contribution in [-0.2, 0) is 6.42 Å². The van der Waals surface area contributed by atoms with E-state index in [1.165, 1.54) is 16.9 Å². The van der Waals surface area contributed by atoms with Gasteiger partial charge in [-0.15, -0.1) is 10.2 Å². The lowest BCUT2D eigenvalue weighted by atomic mass is 10.1. The first kappa shape index (κ1) is 16.6. The summed E-state index contributed by atoms with van der Waals surface area (Å²) in [5, 5.41) is 14.6. The second kappa shape index (κ2) is 7.55. The molecular weight excluding hydrogens is 344 g/mol. The van der Waals surface area contributed by atoms with Crippen molar-refractivity contribution in [1.29, 1.82) is 0 Å². The monoisotopic (exact) mass is 362 g/mol. The maximum Gasteiger partial charge on any atom is 0.206 e. The molecule has 1 atom stereocenters. The van der Waals surface area contributed by atoms with Crippen molar-refractivity contribution in [2.45, 2.75) is 12.5 Å². The number of nitrogens with two attached hydrogens (primary N) is 1. The molecule has 0 spiro atoms. The van der Waals surface area contributed by atoms with E-state index in [4.69, 9.17) is 5.73 Å². The van der Waals surface area contributed by atoms with E-state index in [9.17, 15) is 0 Å². The van der Waals surface area contributed by atoms with Crippen LogP contribution in [0.4, 0.5) is 5.13 Å². The number of rotatable bonds is 6. The highest BCUT2D eigenvalue weighted by Gasteiger charge is 2.13. The van der Waals surface area contributed by atoms with Gasteiger partial charge < -0.3 is 11.1 Å². The molecule has 0 amide bonds. The molecular formula is C19H18N6S. The van der Waals surface area contributed by atoms with E-state index in [0.717, 1.165) is 33.0 Å². The van der Waals surface area contributed by atoms with Crippen LogP contribution < -0.4 is 11.1 Å². The summed E-state index contributed by atoms with van der Waals surface area (Å²) in [6.07, 6.45) is 6.16. The lowest BCUT2D eigenvalue weighted by molar-refractivity contribution is 0.721. The van der Waals surface area contributed by atoms with Gasteiger partial charge in [0.25, 0.3) is 0 Å². The summed E-state index contributed by atoms with van der Waals surface area (Å²) in [7, 11) is 0. The van der Waals surface area contributed by atoms with Crippen LogP contribution >= 0.6 is 11.3 Å². The maximum absolute atomic E-state index is 5.93. The van der Waals surface area contributed by atoms with E-state index in [1.54, 1.807) is 18.6 Å². The van der Waals surface area contributed by atoms with Gasteiger partial charge in [0.2, 0.25) is 5.13 Å². The van der Waals surface area contributed by atoms with Crippen molar-refractivity contribution in [2.24, 2.45) is 5.73 Å². The summed E-state index contributed by atoms with van der Waals surface area (Å²) < 4.78 is 0. The number of hydrogen-bond donors (Lipinski definition) is 2. The van der Waals surface area contributed by atoms with Crippen LogP contribution in [0.25, 0.3) is 21.5 Å². The minimum Gasteiger partial charge on any atom is -0.356 e. The van der Waals surface area contributed by atoms with Crippen LogP contribution in [0, 0.1) is 0 Å². The van der Waals surface area contributed by atoms with Gasteiger partial charge in [-0.2, -0.15) is 0 Å². The summed E-state index contributed by atoms with van der Waals surface area (Å²) in [5.74, 6) is 0. The van der Waals surface area contributed by atoms with Crippen molar-refractivity contribution in [1.82, 2.24) is 20.2 Å². The summed E-state index contributed by atoms with van der Waals surface area (Å²) >= 11 is 1.50. The molecule has 26 heavy (non-hydrogen) atoms. The first-order valence-corrected chi connectivity index (χ1v) is 9.17. The Bertz CT molecular complexity index is 1000. The Labute approximate surface area is 155 Å². The smallest absolute Gasteiger partial charge is 0.206 e. The molecule has 0 aliphatic rings. The Morgan fingerprint density at radius 2 is 1.96 bits per heavy atom. The van der Waals surface area contributed by atoms with Gasteiger partial charge >= 0.3 is 0 Å². The molecule has 4 aromatic rings. The van der Waals surface area contributed by atoms with Crippen molar-refractivity contribution >= 4 is 27.4 Å². The highest BCUT2D eigenvalue weighted by Crippen LogP contribution is 2.28. The number of nitrogens with one attached hydrogen (secondary N) is 1. The number of benzene rings is 1. The van der Waals surface area contributed by atoms with E-state index in [-0.39, 0.29) is 6.04 Å². The standard InChI is InChI=1S/C19H18N6S/c20-10-16(8-13-4-2-1-3-5-13)23-19-25-24-18(26-19)15-9-14-6-7-21-12-17(14)22-11-15/h1-7,9,11-12,16H,8,10,20H2,(H,23,25). The van der Waals surface area contributed by atoms with Gasteiger partial charge in [-0.3, -0.25) is 9.97 Å². The molecule has 0 bridgehead atoms. The fourth-order valence-electron chi connectivity index (χ4n) is 2.75. The molecule has 0 saturated heterocycles. The molecule has 0 radical (unpaired) electrons. The van der Waals surface area contributed by atoms with Crippen LogP contribution in [0.1, 0.15) is 5.56 Å². The zero-order valence-electron chi connectivity index (χ0n) is 14.0. The molecule has 7 heteroatoms. The lowest BCUT2D eigenvalue weighted by Crippen LogP contribution is -2.30. The zero-order chi connectivity index (χ0) is 17.8. The SMILES string of the molecule is NCC(Cc1ccccc1)Nc1nnc(-c2cnc3cnccc3c2)s1. The molecule has 1 unspecified atom stereocenters. The number of hydrogen-bond acceptors (Lipinski definition) is 7. The predicted octanol–water partition coefficient (Wildman–Crippen LogP) is 3.13. The third kappa shape index (κ3) is 3.68. The van der Waals surface area contributed by atoms with Gasteiger partial charge in [-0.05, 0) is 24.1 Å². The average molecular weight is 362 g/mol. The fourth-order valence-corrected chi connectivity index (χ4v) is 3.55. The molecule has 0 aliphatic heterocycles. The Hall–Kier alpha value is -2.90. The summed E-state index contributed by atoms with van der Waals surface area (Å²) in [4.78, 5) is 8.52. The van der Waals surface area contributed by atoms with Gasteiger partial charge in [0.05, 0.1) is 11.7 Å². The normalized spacial score (nSPS) is 12.2. The highest BCUT2D eigenvalue weighted by molar-refractivity contribution is 7.18. The Balaban J connectivity index is 1.51. The molecule has 3 heterocycles. The van der Waals surface area contributed by atoms with Crippen LogP contribution in [0.15, 0.2) is 61.1 Å². The Morgan fingerprint density at radius 3 is 2.81 bits per heavy atom. The van der Waals surface area contributed by atoms with Gasteiger partial charge in [0, 0.05) is 35.9 Å². The minimum absolute atomic E-state index is 0.110. The third-order valence-electron chi connectivity index (χ3n) is 4.10. The van der Waals surface area contributed by atoms with Gasteiger partial charge in [-0.1, -0.05) is 41.7 Å². The van der Waals surface area contributed by atoms with Gasteiger partial charge in [0.1, 0.15) is 0 Å². The van der Waals surface area contributed by atoms with Crippen LogP contribution in [-0.4, -0.2) is 32.8 Å². The van der Waals surface area contributed by atoms with E-state index in [0.29, 0.717) is 6.54 Å². The van der Waals surface area contributed by atoms with Crippen molar-refractivity contribution in [3.8, 4) is 10.6 Å². The van der Waals surface area contributed by atoms with Crippen LogP contribution in [0.5, 0.6) is 0 Å². The number of aromatic nitrogens is 4. The van der Waals surface area contributed by atoms with E-state index in [2.05, 4.69) is 43.7 Å². The fraction of sp³-hybridized carbons (Fsp3) is 0.158. The molecule has 0 aliphatic carbocycles. The zero-order valence-corrected chi connectivity index (χ0v) is 14.9. The maximum atomic E-state index is 5.93. The molecule has 6 nitrogen and oxygen atoms in total. The van der Waals surface area contributed by atoms with E-state index in [1.807, 2.05) is 24.3 Å². The lowest BCUT2D eigenvalue weighted by Gasteiger charge is -2.15. The Morgan fingerprint density at radius 1 is 1.08 bits per heavy atom. The molecule has 130 valence electrons. The number of anilines is 1. The second-order valence-electron chi connectivity index (χ2n) is 5.97. The molecule has 3 aromatic heterocycles. The average Bonchev–Trinajstić information content (AvgIpc) is 3.16. The Kier molecular flexibility index (Phi) is 4.81. The first-order chi connectivity index (χ1) is 12.8. The quantitative estimate of drug-likeness (QED) is 0.548. The highest BCUT2D eigenvalue weighted by atomic mass is 32.1. The molecule has 0 fully saturated rings. The molecule has 1 aromatic carbocycles. The van der Waals surface area contributed by atoms with Crippen molar-refractivity contribution in [3.05, 3.63) is 66.6 Å².